The Kier molecular flexibility index (Phi) is 5.03. The Bertz CT molecular complexity index is 1050. The molecule has 0 aliphatic carbocycles. The number of hydrogen-bond donors (Lipinski definition) is 4. The Morgan fingerprint density at radius 2 is 2.07 bits per heavy atom. The van der Waals surface area contributed by atoms with Gasteiger partial charge in [-0.2, -0.15) is 0 Å². The van der Waals surface area contributed by atoms with E-state index >= 15 is 0 Å². The van der Waals surface area contributed by atoms with E-state index in [4.69, 9.17) is 11.1 Å². The van der Waals surface area contributed by atoms with Gasteiger partial charge in [-0.05, 0) is 38.1 Å². The van der Waals surface area contributed by atoms with Crippen LogP contribution in [0.15, 0.2) is 48.2 Å². The average molecular weight is 365 g/mol. The maximum absolute atomic E-state index is 13.9. The number of amides is 1. The van der Waals surface area contributed by atoms with E-state index in [2.05, 4.69) is 15.3 Å². The van der Waals surface area contributed by atoms with Crippen LogP contribution in [0.5, 0.6) is 0 Å². The minimum atomic E-state index is -0.485. The van der Waals surface area contributed by atoms with E-state index in [-0.39, 0.29) is 11.7 Å². The Hall–Kier alpha value is -3.48. The first kappa shape index (κ1) is 18.3. The number of aromatic nitrogens is 2. The van der Waals surface area contributed by atoms with Crippen molar-refractivity contribution >= 4 is 28.7 Å². The van der Waals surface area contributed by atoms with Gasteiger partial charge >= 0.3 is 0 Å². The number of pyridine rings is 1. The summed E-state index contributed by atoms with van der Waals surface area (Å²) >= 11 is 0. The van der Waals surface area contributed by atoms with Crippen molar-refractivity contribution in [3.05, 3.63) is 70.9 Å². The number of H-pyrrole nitrogens is 1. The van der Waals surface area contributed by atoms with Gasteiger partial charge in [-0.25, -0.2) is 9.37 Å². The van der Waals surface area contributed by atoms with Crippen molar-refractivity contribution in [2.24, 2.45) is 5.73 Å². The summed E-state index contributed by atoms with van der Waals surface area (Å²) in [7, 11) is 0. The summed E-state index contributed by atoms with van der Waals surface area (Å²) in [4.78, 5) is 19.9. The van der Waals surface area contributed by atoms with Crippen LogP contribution in [-0.2, 0) is 0 Å². The summed E-state index contributed by atoms with van der Waals surface area (Å²) in [6.07, 6.45) is 1.15. The number of hydrogen-bond acceptors (Lipinski definition) is 4. The van der Waals surface area contributed by atoms with Crippen molar-refractivity contribution in [1.82, 2.24) is 15.3 Å². The van der Waals surface area contributed by atoms with Gasteiger partial charge in [0.15, 0.2) is 0 Å². The van der Waals surface area contributed by atoms with Gasteiger partial charge < -0.3 is 21.4 Å². The van der Waals surface area contributed by atoms with Gasteiger partial charge in [-0.1, -0.05) is 18.2 Å². The first-order valence-electron chi connectivity index (χ1n) is 8.43. The lowest BCUT2D eigenvalue weighted by atomic mass is 10.1. The molecule has 2 aromatic heterocycles. The standard InChI is InChI=1S/C20H20FN5O/c1-11(23)15(10-22)17-8-7-13-9-18(26-19(13)25-17)20(27)24-12(2)14-5-3-4-6-16(14)21/h3-10,12,22H,23H2,1-2H3,(H,24,27)(H,25,26)/b15-11+,22-10?. The number of carbonyl (C=O) groups excluding carboxylic acids is 1. The highest BCUT2D eigenvalue weighted by atomic mass is 19.1. The first-order valence-corrected chi connectivity index (χ1v) is 8.43. The van der Waals surface area contributed by atoms with E-state index in [9.17, 15) is 9.18 Å². The Morgan fingerprint density at radius 1 is 1.33 bits per heavy atom. The molecule has 1 unspecified atom stereocenters. The fraction of sp³-hybridized carbons (Fsp3) is 0.150. The van der Waals surface area contributed by atoms with Gasteiger partial charge in [-0.3, -0.25) is 4.79 Å². The molecule has 27 heavy (non-hydrogen) atoms. The third-order valence-electron chi connectivity index (χ3n) is 4.29. The number of nitrogens with one attached hydrogen (secondary N) is 3. The molecule has 0 saturated heterocycles. The van der Waals surface area contributed by atoms with E-state index in [1.165, 1.54) is 6.07 Å². The number of carbonyl (C=O) groups is 1. The van der Waals surface area contributed by atoms with E-state index in [1.807, 2.05) is 0 Å². The van der Waals surface area contributed by atoms with Gasteiger partial charge in [0.1, 0.15) is 17.2 Å². The second-order valence-corrected chi connectivity index (χ2v) is 6.28. The largest absolute Gasteiger partial charge is 0.402 e. The summed E-state index contributed by atoms with van der Waals surface area (Å²) < 4.78 is 13.9. The number of rotatable bonds is 5. The quantitative estimate of drug-likeness (QED) is 0.519. The lowest BCUT2D eigenvalue weighted by molar-refractivity contribution is 0.0935. The number of allylic oxidation sites excluding steroid dienone is 2. The number of nitrogens with two attached hydrogens (primary N) is 1. The van der Waals surface area contributed by atoms with Crippen molar-refractivity contribution in [2.75, 3.05) is 0 Å². The van der Waals surface area contributed by atoms with E-state index in [1.54, 1.807) is 50.2 Å². The molecule has 0 aliphatic heterocycles. The second-order valence-electron chi connectivity index (χ2n) is 6.28. The van der Waals surface area contributed by atoms with E-state index in [0.717, 1.165) is 11.6 Å². The molecule has 1 amide bonds. The van der Waals surface area contributed by atoms with E-state index < -0.39 is 6.04 Å². The zero-order chi connectivity index (χ0) is 19.6. The smallest absolute Gasteiger partial charge is 0.268 e. The lowest BCUT2D eigenvalue weighted by Gasteiger charge is -2.14. The van der Waals surface area contributed by atoms with Crippen LogP contribution >= 0.6 is 0 Å². The Balaban J connectivity index is 1.87. The summed E-state index contributed by atoms with van der Waals surface area (Å²) in [6, 6.07) is 11.1. The SMILES string of the molecule is C/C(N)=C(/C=N)c1ccc2cc(C(=O)NC(C)c3ccccc3F)[nH]c2n1. The van der Waals surface area contributed by atoms with Crippen molar-refractivity contribution in [3.63, 3.8) is 0 Å². The maximum Gasteiger partial charge on any atom is 0.268 e. The molecule has 3 rings (SSSR count). The topological polar surface area (TPSA) is 108 Å². The third-order valence-corrected chi connectivity index (χ3v) is 4.29. The molecule has 5 N–H and O–H groups in total. The minimum Gasteiger partial charge on any atom is -0.402 e. The summed E-state index contributed by atoms with van der Waals surface area (Å²) in [6.45, 7) is 3.42. The molecule has 138 valence electrons. The fourth-order valence-electron chi connectivity index (χ4n) is 2.85. The molecule has 0 fully saturated rings. The molecule has 0 bridgehead atoms. The number of aromatic amines is 1. The number of fused-ring (bicyclic) bond motifs is 1. The van der Waals surface area contributed by atoms with Crippen LogP contribution in [0.4, 0.5) is 4.39 Å². The molecular formula is C20H20FN5O. The van der Waals surface area contributed by atoms with Crippen LogP contribution in [0.2, 0.25) is 0 Å². The van der Waals surface area contributed by atoms with Gasteiger partial charge in [0.05, 0.1) is 11.7 Å². The van der Waals surface area contributed by atoms with Crippen LogP contribution in [0.25, 0.3) is 16.6 Å². The highest BCUT2D eigenvalue weighted by Crippen LogP contribution is 2.20. The summed E-state index contributed by atoms with van der Waals surface area (Å²) in [5.74, 6) is -0.723. The fourth-order valence-corrected chi connectivity index (χ4v) is 2.85. The average Bonchev–Trinajstić information content (AvgIpc) is 3.06. The Morgan fingerprint density at radius 3 is 2.74 bits per heavy atom. The second kappa shape index (κ2) is 7.41. The molecule has 0 aliphatic rings. The summed E-state index contributed by atoms with van der Waals surface area (Å²) in [5, 5.41) is 11.0. The highest BCUT2D eigenvalue weighted by Gasteiger charge is 2.16. The highest BCUT2D eigenvalue weighted by molar-refractivity contribution is 6.09. The normalized spacial score (nSPS) is 13.1. The molecule has 6 nitrogen and oxygen atoms in total. The van der Waals surface area contributed by atoms with E-state index in [0.29, 0.717) is 33.9 Å². The first-order chi connectivity index (χ1) is 12.9. The zero-order valence-electron chi connectivity index (χ0n) is 15.0. The van der Waals surface area contributed by atoms with Crippen LogP contribution in [-0.4, -0.2) is 22.1 Å². The molecule has 1 atom stereocenters. The summed E-state index contributed by atoms with van der Waals surface area (Å²) in [5.41, 5.74) is 8.59. The van der Waals surface area contributed by atoms with Crippen LogP contribution in [0, 0.1) is 11.2 Å². The molecular weight excluding hydrogens is 345 g/mol. The van der Waals surface area contributed by atoms with Crippen molar-refractivity contribution in [2.45, 2.75) is 19.9 Å². The number of nitrogens with zero attached hydrogens (tertiary/aromatic N) is 1. The van der Waals surface area contributed by atoms with Crippen LogP contribution in [0.3, 0.4) is 0 Å². The predicted octanol–water partition coefficient (Wildman–Crippen LogP) is 3.53. The van der Waals surface area contributed by atoms with Gasteiger partial charge in [0.25, 0.3) is 5.91 Å². The maximum atomic E-state index is 13.9. The van der Waals surface area contributed by atoms with Crippen molar-refractivity contribution < 1.29 is 9.18 Å². The monoisotopic (exact) mass is 365 g/mol. The molecule has 0 radical (unpaired) electrons. The number of halogens is 1. The molecule has 3 aromatic rings. The third kappa shape index (κ3) is 3.72. The molecule has 1 aromatic carbocycles. The lowest BCUT2D eigenvalue weighted by Crippen LogP contribution is -2.27. The number of benzene rings is 1. The predicted molar refractivity (Wildman–Crippen MR) is 104 cm³/mol. The molecule has 2 heterocycles. The zero-order valence-corrected chi connectivity index (χ0v) is 15.0. The van der Waals surface area contributed by atoms with Crippen molar-refractivity contribution in [3.8, 4) is 0 Å². The minimum absolute atomic E-state index is 0.322. The van der Waals surface area contributed by atoms with Gasteiger partial charge in [0.2, 0.25) is 0 Å². The molecule has 0 saturated carbocycles. The van der Waals surface area contributed by atoms with Crippen LogP contribution in [0.1, 0.15) is 41.6 Å². The molecule has 7 heteroatoms. The van der Waals surface area contributed by atoms with Gasteiger partial charge in [0, 0.05) is 28.4 Å². The Labute approximate surface area is 155 Å². The molecule has 0 spiro atoms. The van der Waals surface area contributed by atoms with Crippen LogP contribution < -0.4 is 11.1 Å². The van der Waals surface area contributed by atoms with Gasteiger partial charge in [-0.15, -0.1) is 0 Å². The van der Waals surface area contributed by atoms with Crippen molar-refractivity contribution in [1.29, 1.82) is 5.41 Å².